The number of rotatable bonds is 6. The Kier molecular flexibility index (Phi) is 5.93. The van der Waals surface area contributed by atoms with Gasteiger partial charge in [0.25, 0.3) is 0 Å². The van der Waals surface area contributed by atoms with Crippen molar-refractivity contribution in [2.75, 3.05) is 50.2 Å². The summed E-state index contributed by atoms with van der Waals surface area (Å²) in [6.07, 6.45) is 1.01. The van der Waals surface area contributed by atoms with Crippen LogP contribution in [0.15, 0.2) is 29.1 Å². The molecule has 190 valence electrons. The number of ether oxygens (including phenoxy) is 2. The Labute approximate surface area is 204 Å². The first-order valence-electron chi connectivity index (χ1n) is 11.5. The van der Waals surface area contributed by atoms with Crippen molar-refractivity contribution in [1.29, 1.82) is 0 Å². The van der Waals surface area contributed by atoms with E-state index in [0.717, 1.165) is 10.3 Å². The Bertz CT molecular complexity index is 1430. The molecule has 1 saturated heterocycles. The SMILES string of the molecule is COc1ccccc1N1CCN(c2c(F)c(F)c3c(=O)c(C(=O)O)c(F)n(C4CC4)c3c2OC)CC1. The van der Waals surface area contributed by atoms with Crippen LogP contribution in [0.4, 0.5) is 24.5 Å². The van der Waals surface area contributed by atoms with Gasteiger partial charge in [-0.1, -0.05) is 12.1 Å². The van der Waals surface area contributed by atoms with Crippen molar-refractivity contribution in [2.45, 2.75) is 18.9 Å². The number of fused-ring (bicyclic) bond motifs is 1. The van der Waals surface area contributed by atoms with E-state index in [9.17, 15) is 14.7 Å². The monoisotopic (exact) mass is 503 g/mol. The lowest BCUT2D eigenvalue weighted by Gasteiger charge is -2.38. The van der Waals surface area contributed by atoms with E-state index < -0.39 is 46.0 Å². The summed E-state index contributed by atoms with van der Waals surface area (Å²) in [7, 11) is 2.80. The number of aromatic nitrogens is 1. The van der Waals surface area contributed by atoms with Gasteiger partial charge in [-0.05, 0) is 25.0 Å². The fraction of sp³-hybridized carbons (Fsp3) is 0.360. The van der Waals surface area contributed by atoms with Crippen LogP contribution in [0.25, 0.3) is 10.9 Å². The average molecular weight is 503 g/mol. The van der Waals surface area contributed by atoms with Crippen LogP contribution in [-0.2, 0) is 0 Å². The molecule has 36 heavy (non-hydrogen) atoms. The number of carboxylic acids is 1. The van der Waals surface area contributed by atoms with Gasteiger partial charge >= 0.3 is 5.97 Å². The van der Waals surface area contributed by atoms with Gasteiger partial charge in [-0.2, -0.15) is 4.39 Å². The second kappa shape index (κ2) is 8.96. The van der Waals surface area contributed by atoms with Crippen LogP contribution in [-0.4, -0.2) is 56.0 Å². The van der Waals surface area contributed by atoms with Gasteiger partial charge in [0.1, 0.15) is 17.0 Å². The number of pyridine rings is 1. The number of aromatic carboxylic acids is 1. The fourth-order valence-electron chi connectivity index (χ4n) is 4.92. The van der Waals surface area contributed by atoms with E-state index in [1.165, 1.54) is 7.11 Å². The zero-order valence-electron chi connectivity index (χ0n) is 19.7. The van der Waals surface area contributed by atoms with Gasteiger partial charge in [-0.25, -0.2) is 13.6 Å². The van der Waals surface area contributed by atoms with Crippen molar-refractivity contribution >= 4 is 28.2 Å². The number of anilines is 2. The van der Waals surface area contributed by atoms with E-state index in [1.807, 2.05) is 24.3 Å². The number of hydrogen-bond donors (Lipinski definition) is 1. The maximum atomic E-state index is 15.5. The molecule has 1 aliphatic heterocycles. The van der Waals surface area contributed by atoms with Crippen molar-refractivity contribution < 1.29 is 32.5 Å². The van der Waals surface area contributed by atoms with Crippen molar-refractivity contribution in [3.63, 3.8) is 0 Å². The summed E-state index contributed by atoms with van der Waals surface area (Å²) in [5, 5.41) is 8.58. The number of para-hydroxylation sites is 2. The third kappa shape index (κ3) is 3.61. The van der Waals surface area contributed by atoms with Crippen LogP contribution in [0.2, 0.25) is 0 Å². The number of carbonyl (C=O) groups is 1. The van der Waals surface area contributed by atoms with Gasteiger partial charge in [0.2, 0.25) is 11.4 Å². The molecule has 1 aliphatic carbocycles. The zero-order chi connectivity index (χ0) is 25.7. The van der Waals surface area contributed by atoms with Crippen LogP contribution in [0, 0.1) is 17.6 Å². The number of piperazine rings is 1. The molecule has 2 aromatic carbocycles. The molecule has 2 aliphatic rings. The summed E-state index contributed by atoms with van der Waals surface area (Å²) < 4.78 is 58.2. The number of carboxylic acid groups (broad SMARTS) is 1. The molecule has 0 radical (unpaired) electrons. The van der Waals surface area contributed by atoms with Gasteiger partial charge in [0.15, 0.2) is 22.9 Å². The smallest absolute Gasteiger partial charge is 0.344 e. The molecule has 2 fully saturated rings. The predicted molar refractivity (Wildman–Crippen MR) is 127 cm³/mol. The first-order chi connectivity index (χ1) is 17.3. The molecule has 0 atom stereocenters. The van der Waals surface area contributed by atoms with Crippen LogP contribution < -0.4 is 24.7 Å². The normalized spacial score (nSPS) is 15.9. The first kappa shape index (κ1) is 23.8. The maximum Gasteiger partial charge on any atom is 0.344 e. The number of halogens is 3. The molecule has 0 unspecified atom stereocenters. The highest BCUT2D eigenvalue weighted by Crippen LogP contribution is 2.46. The van der Waals surface area contributed by atoms with Crippen molar-refractivity contribution in [3.05, 3.63) is 57.6 Å². The summed E-state index contributed by atoms with van der Waals surface area (Å²) in [6.45, 7) is 1.45. The lowest BCUT2D eigenvalue weighted by molar-refractivity contribution is 0.0688. The number of hydrogen-bond acceptors (Lipinski definition) is 6. The highest BCUT2D eigenvalue weighted by Gasteiger charge is 2.37. The standard InChI is InChI=1S/C25H24F3N3O5/c1-35-15-6-4-3-5-14(15)29-9-11-30(12-10-29)21-19(27)18(26)16-20(23(21)36-2)31(13-7-8-13)24(28)17(22(16)32)25(33)34/h3-6,13H,7-12H2,1-2H3,(H,33,34). The number of benzene rings is 2. The lowest BCUT2D eigenvalue weighted by Crippen LogP contribution is -2.47. The van der Waals surface area contributed by atoms with E-state index in [0.29, 0.717) is 31.7 Å². The van der Waals surface area contributed by atoms with Gasteiger partial charge < -0.3 is 28.9 Å². The van der Waals surface area contributed by atoms with Crippen LogP contribution >= 0.6 is 0 Å². The summed E-state index contributed by atoms with van der Waals surface area (Å²) in [5.41, 5.74) is -2.27. The lowest BCUT2D eigenvalue weighted by atomic mass is 10.1. The third-order valence-electron chi connectivity index (χ3n) is 6.75. The molecule has 0 bridgehead atoms. The number of methoxy groups -OCH3 is 2. The Balaban J connectivity index is 1.64. The van der Waals surface area contributed by atoms with Crippen molar-refractivity contribution in [2.24, 2.45) is 0 Å². The molecule has 8 nitrogen and oxygen atoms in total. The first-order valence-corrected chi connectivity index (χ1v) is 11.5. The van der Waals surface area contributed by atoms with E-state index in [-0.39, 0.29) is 30.0 Å². The molecule has 11 heteroatoms. The minimum atomic E-state index is -1.84. The van der Waals surface area contributed by atoms with Gasteiger partial charge in [-0.3, -0.25) is 4.79 Å². The van der Waals surface area contributed by atoms with Crippen LogP contribution in [0.3, 0.4) is 0 Å². The minimum Gasteiger partial charge on any atom is -0.495 e. The quantitative estimate of drug-likeness (QED) is 0.513. The van der Waals surface area contributed by atoms with Gasteiger partial charge in [0, 0.05) is 32.2 Å². The Morgan fingerprint density at radius 3 is 2.19 bits per heavy atom. The highest BCUT2D eigenvalue weighted by atomic mass is 19.2. The van der Waals surface area contributed by atoms with E-state index in [1.54, 1.807) is 12.0 Å². The van der Waals surface area contributed by atoms with Crippen LogP contribution in [0.1, 0.15) is 29.2 Å². The van der Waals surface area contributed by atoms with Crippen molar-refractivity contribution in [3.8, 4) is 11.5 Å². The minimum absolute atomic E-state index is 0.200. The summed E-state index contributed by atoms with van der Waals surface area (Å²) in [5.74, 6) is -5.51. The Morgan fingerprint density at radius 2 is 1.61 bits per heavy atom. The molecule has 1 aromatic heterocycles. The fourth-order valence-corrected chi connectivity index (χ4v) is 4.92. The molecule has 2 heterocycles. The second-order valence-electron chi connectivity index (χ2n) is 8.78. The van der Waals surface area contributed by atoms with Crippen LogP contribution in [0.5, 0.6) is 11.5 Å². The largest absolute Gasteiger partial charge is 0.495 e. The summed E-state index contributed by atoms with van der Waals surface area (Å²) >= 11 is 0. The Hall–Kier alpha value is -3.89. The molecule has 0 spiro atoms. The molecule has 1 N–H and O–H groups in total. The molecule has 1 saturated carbocycles. The highest BCUT2D eigenvalue weighted by molar-refractivity contribution is 5.97. The van der Waals surface area contributed by atoms with E-state index in [2.05, 4.69) is 4.90 Å². The maximum absolute atomic E-state index is 15.5. The molecular formula is C25H24F3N3O5. The summed E-state index contributed by atoms with van der Waals surface area (Å²) in [6, 6.07) is 6.98. The predicted octanol–water partition coefficient (Wildman–Crippen LogP) is 3.80. The molecule has 0 amide bonds. The third-order valence-corrected chi connectivity index (χ3v) is 6.75. The zero-order valence-corrected chi connectivity index (χ0v) is 19.7. The topological polar surface area (TPSA) is 84.2 Å². The number of nitrogens with zero attached hydrogens (tertiary/aromatic N) is 3. The van der Waals surface area contributed by atoms with E-state index in [4.69, 9.17) is 9.47 Å². The Morgan fingerprint density at radius 1 is 0.972 bits per heavy atom. The second-order valence-corrected chi connectivity index (χ2v) is 8.78. The molecular weight excluding hydrogens is 479 g/mol. The molecule has 3 aromatic rings. The summed E-state index contributed by atoms with van der Waals surface area (Å²) in [4.78, 5) is 28.1. The average Bonchev–Trinajstić information content (AvgIpc) is 3.71. The molecule has 5 rings (SSSR count). The van der Waals surface area contributed by atoms with Gasteiger partial charge in [-0.15, -0.1) is 0 Å². The van der Waals surface area contributed by atoms with E-state index >= 15 is 13.2 Å². The van der Waals surface area contributed by atoms with Crippen molar-refractivity contribution in [1.82, 2.24) is 4.57 Å². The van der Waals surface area contributed by atoms with Gasteiger partial charge in [0.05, 0.1) is 25.3 Å².